The van der Waals surface area contributed by atoms with Crippen molar-refractivity contribution in [2.75, 3.05) is 11.9 Å². The molecule has 5 nitrogen and oxygen atoms in total. The Hall–Kier alpha value is -2.47. The van der Waals surface area contributed by atoms with Crippen molar-refractivity contribution in [1.29, 1.82) is 0 Å². The normalized spacial score (nSPS) is 10.2. The number of hydrogen-bond acceptors (Lipinski definition) is 4. The van der Waals surface area contributed by atoms with E-state index in [1.165, 1.54) is 12.3 Å². The lowest BCUT2D eigenvalue weighted by molar-refractivity contribution is 0.102. The van der Waals surface area contributed by atoms with Gasteiger partial charge >= 0.3 is 0 Å². The number of nitrogens with zero attached hydrogens (tertiary/aromatic N) is 1. The average Bonchev–Trinajstić information content (AvgIpc) is 2.49. The first-order chi connectivity index (χ1) is 10.1. The number of benzene rings is 1. The highest BCUT2D eigenvalue weighted by molar-refractivity contribution is 6.04. The number of halogens is 1. The molecular formula is C15H15FN2O3. The van der Waals surface area contributed by atoms with Gasteiger partial charge in [-0.1, -0.05) is 0 Å². The molecule has 0 fully saturated rings. The lowest BCUT2D eigenvalue weighted by Crippen LogP contribution is -2.12. The molecule has 1 aromatic heterocycles. The Labute approximate surface area is 121 Å². The quantitative estimate of drug-likeness (QED) is 0.829. The monoisotopic (exact) mass is 290 g/mol. The number of amides is 1. The van der Waals surface area contributed by atoms with Gasteiger partial charge in [-0.25, -0.2) is 4.98 Å². The molecule has 0 bridgehead atoms. The van der Waals surface area contributed by atoms with Gasteiger partial charge < -0.3 is 15.2 Å². The molecule has 1 heterocycles. The largest absolute Gasteiger partial charge is 0.494 e. The molecule has 0 aliphatic carbocycles. The Balaban J connectivity index is 2.17. The summed E-state index contributed by atoms with van der Waals surface area (Å²) in [4.78, 5) is 15.4. The Kier molecular flexibility index (Phi) is 4.84. The highest BCUT2D eigenvalue weighted by atomic mass is 19.1. The maximum Gasteiger partial charge on any atom is 0.255 e. The van der Waals surface area contributed by atoms with Gasteiger partial charge in [0.2, 0.25) is 5.95 Å². The zero-order valence-corrected chi connectivity index (χ0v) is 11.5. The Morgan fingerprint density at radius 3 is 2.86 bits per heavy atom. The highest BCUT2D eigenvalue weighted by Crippen LogP contribution is 2.23. The van der Waals surface area contributed by atoms with Crippen molar-refractivity contribution in [2.45, 2.75) is 13.5 Å². The Bertz CT molecular complexity index is 647. The molecule has 0 saturated heterocycles. The predicted octanol–water partition coefficient (Wildman–Crippen LogP) is 2.36. The molecule has 110 valence electrons. The molecule has 0 aliphatic heterocycles. The van der Waals surface area contributed by atoms with E-state index in [4.69, 9.17) is 4.74 Å². The smallest absolute Gasteiger partial charge is 0.255 e. The van der Waals surface area contributed by atoms with E-state index in [9.17, 15) is 14.3 Å². The molecule has 1 amide bonds. The Morgan fingerprint density at radius 1 is 1.38 bits per heavy atom. The van der Waals surface area contributed by atoms with Gasteiger partial charge in [-0.15, -0.1) is 0 Å². The molecule has 2 aromatic rings. The fourth-order valence-electron chi connectivity index (χ4n) is 1.82. The van der Waals surface area contributed by atoms with E-state index in [2.05, 4.69) is 10.3 Å². The van der Waals surface area contributed by atoms with E-state index in [0.29, 0.717) is 23.6 Å². The zero-order chi connectivity index (χ0) is 15.2. The number of aliphatic hydroxyl groups is 1. The molecule has 0 unspecified atom stereocenters. The molecule has 0 aliphatic rings. The molecule has 0 radical (unpaired) electrons. The first kappa shape index (κ1) is 14.9. The standard InChI is InChI=1S/C15H15FN2O3/c1-2-21-13-4-3-12(7-11(13)9-19)18-15(20)10-5-6-17-14(16)8-10/h3-8,19H,2,9H2,1H3,(H,18,20). The summed E-state index contributed by atoms with van der Waals surface area (Å²) in [5.74, 6) is -0.609. The van der Waals surface area contributed by atoms with Crippen LogP contribution in [0.25, 0.3) is 0 Å². The van der Waals surface area contributed by atoms with Crippen molar-refractivity contribution in [3.63, 3.8) is 0 Å². The van der Waals surface area contributed by atoms with Crippen LogP contribution in [-0.4, -0.2) is 22.6 Å². The van der Waals surface area contributed by atoms with E-state index in [1.807, 2.05) is 6.92 Å². The molecule has 0 atom stereocenters. The summed E-state index contributed by atoms with van der Waals surface area (Å²) in [6, 6.07) is 7.40. The van der Waals surface area contributed by atoms with Gasteiger partial charge in [0.15, 0.2) is 0 Å². The van der Waals surface area contributed by atoms with Gasteiger partial charge in [0.1, 0.15) is 5.75 Å². The minimum absolute atomic E-state index is 0.168. The van der Waals surface area contributed by atoms with Crippen LogP contribution in [0.4, 0.5) is 10.1 Å². The molecule has 0 spiro atoms. The van der Waals surface area contributed by atoms with Crippen LogP contribution in [0.2, 0.25) is 0 Å². The van der Waals surface area contributed by atoms with Crippen LogP contribution in [0.1, 0.15) is 22.8 Å². The number of anilines is 1. The van der Waals surface area contributed by atoms with Crippen LogP contribution in [0.5, 0.6) is 5.75 Å². The summed E-state index contributed by atoms with van der Waals surface area (Å²) in [6.07, 6.45) is 1.22. The van der Waals surface area contributed by atoms with Gasteiger partial charge in [0, 0.05) is 29.1 Å². The highest BCUT2D eigenvalue weighted by Gasteiger charge is 2.09. The third-order valence-corrected chi connectivity index (χ3v) is 2.78. The molecule has 21 heavy (non-hydrogen) atoms. The molecule has 2 rings (SSSR count). The van der Waals surface area contributed by atoms with Crippen LogP contribution < -0.4 is 10.1 Å². The van der Waals surface area contributed by atoms with Crippen molar-refractivity contribution >= 4 is 11.6 Å². The lowest BCUT2D eigenvalue weighted by atomic mass is 10.1. The molecule has 0 saturated carbocycles. The van der Waals surface area contributed by atoms with Gasteiger partial charge in [-0.2, -0.15) is 4.39 Å². The number of rotatable bonds is 5. The fourth-order valence-corrected chi connectivity index (χ4v) is 1.82. The maximum atomic E-state index is 13.0. The number of carbonyl (C=O) groups is 1. The van der Waals surface area contributed by atoms with Crippen molar-refractivity contribution in [1.82, 2.24) is 4.98 Å². The number of nitrogens with one attached hydrogen (secondary N) is 1. The number of aromatic nitrogens is 1. The Morgan fingerprint density at radius 2 is 2.19 bits per heavy atom. The number of ether oxygens (including phenoxy) is 1. The summed E-state index contributed by atoms with van der Waals surface area (Å²) in [5, 5.41) is 11.9. The van der Waals surface area contributed by atoms with Crippen LogP contribution in [0.15, 0.2) is 36.5 Å². The van der Waals surface area contributed by atoms with Crippen LogP contribution in [-0.2, 0) is 6.61 Å². The molecule has 2 N–H and O–H groups in total. The fraction of sp³-hybridized carbons (Fsp3) is 0.200. The third-order valence-electron chi connectivity index (χ3n) is 2.78. The molecular weight excluding hydrogens is 275 g/mol. The average molecular weight is 290 g/mol. The van der Waals surface area contributed by atoms with Gasteiger partial charge in [-0.3, -0.25) is 4.79 Å². The van der Waals surface area contributed by atoms with Gasteiger partial charge in [-0.05, 0) is 31.2 Å². The summed E-state index contributed by atoms with van der Waals surface area (Å²) in [7, 11) is 0. The summed E-state index contributed by atoms with van der Waals surface area (Å²) >= 11 is 0. The van der Waals surface area contributed by atoms with Crippen LogP contribution in [0.3, 0.4) is 0 Å². The zero-order valence-electron chi connectivity index (χ0n) is 11.5. The van der Waals surface area contributed by atoms with E-state index < -0.39 is 11.9 Å². The van der Waals surface area contributed by atoms with E-state index in [0.717, 1.165) is 6.07 Å². The molecule has 1 aromatic carbocycles. The SMILES string of the molecule is CCOc1ccc(NC(=O)c2ccnc(F)c2)cc1CO. The number of hydrogen-bond donors (Lipinski definition) is 2. The van der Waals surface area contributed by atoms with Crippen LogP contribution >= 0.6 is 0 Å². The first-order valence-electron chi connectivity index (χ1n) is 6.43. The second kappa shape index (κ2) is 6.81. The van der Waals surface area contributed by atoms with Gasteiger partial charge in [0.05, 0.1) is 13.2 Å². The summed E-state index contributed by atoms with van der Waals surface area (Å²) in [6.45, 7) is 2.12. The number of aliphatic hydroxyl groups excluding tert-OH is 1. The van der Waals surface area contributed by atoms with Crippen molar-refractivity contribution in [3.05, 3.63) is 53.6 Å². The summed E-state index contributed by atoms with van der Waals surface area (Å²) in [5.41, 5.74) is 1.22. The topological polar surface area (TPSA) is 71.5 Å². The van der Waals surface area contributed by atoms with Crippen molar-refractivity contribution < 1.29 is 19.0 Å². The van der Waals surface area contributed by atoms with Crippen molar-refractivity contribution in [2.24, 2.45) is 0 Å². The molecule has 6 heteroatoms. The van der Waals surface area contributed by atoms with Crippen molar-refractivity contribution in [3.8, 4) is 5.75 Å². The minimum atomic E-state index is -0.717. The van der Waals surface area contributed by atoms with E-state index in [-0.39, 0.29) is 12.2 Å². The summed E-state index contributed by atoms with van der Waals surface area (Å²) < 4.78 is 18.3. The number of pyridine rings is 1. The van der Waals surface area contributed by atoms with E-state index in [1.54, 1.807) is 18.2 Å². The second-order valence-corrected chi connectivity index (χ2v) is 4.23. The predicted molar refractivity (Wildman–Crippen MR) is 75.7 cm³/mol. The first-order valence-corrected chi connectivity index (χ1v) is 6.43. The van der Waals surface area contributed by atoms with Gasteiger partial charge in [0.25, 0.3) is 5.91 Å². The van der Waals surface area contributed by atoms with E-state index >= 15 is 0 Å². The minimum Gasteiger partial charge on any atom is -0.494 e. The number of carbonyl (C=O) groups excluding carboxylic acids is 1. The lowest BCUT2D eigenvalue weighted by Gasteiger charge is -2.11. The second-order valence-electron chi connectivity index (χ2n) is 4.23. The third kappa shape index (κ3) is 3.76. The van der Waals surface area contributed by atoms with Crippen LogP contribution in [0, 0.1) is 5.95 Å². The maximum absolute atomic E-state index is 13.0.